The monoisotopic (exact) mass is 395 g/mol. The van der Waals surface area contributed by atoms with Crippen LogP contribution in [0.3, 0.4) is 0 Å². The predicted molar refractivity (Wildman–Crippen MR) is 111 cm³/mol. The molecule has 2 aromatic carbocycles. The molecule has 28 heavy (non-hydrogen) atoms. The molecular formula is C23H22ClNO3. The number of aryl methyl sites for hydroxylation is 3. The maximum absolute atomic E-state index is 10.7. The molecule has 1 N–H and O–H groups in total. The highest BCUT2D eigenvalue weighted by atomic mass is 35.5. The number of ether oxygens (including phenoxy) is 1. The first kappa shape index (κ1) is 19.9. The zero-order chi connectivity index (χ0) is 20.1. The molecule has 3 rings (SSSR count). The Labute approximate surface area is 169 Å². The van der Waals surface area contributed by atoms with E-state index in [9.17, 15) is 4.79 Å². The van der Waals surface area contributed by atoms with E-state index in [4.69, 9.17) is 21.4 Å². The van der Waals surface area contributed by atoms with E-state index >= 15 is 0 Å². The summed E-state index contributed by atoms with van der Waals surface area (Å²) in [5.74, 6) is -0.287. The molecule has 0 saturated carbocycles. The van der Waals surface area contributed by atoms with Crippen LogP contribution in [0.1, 0.15) is 28.7 Å². The highest BCUT2D eigenvalue weighted by molar-refractivity contribution is 6.31. The van der Waals surface area contributed by atoms with Gasteiger partial charge in [0.2, 0.25) is 5.88 Å². The lowest BCUT2D eigenvalue weighted by Crippen LogP contribution is -2.01. The first-order chi connectivity index (χ1) is 13.4. The van der Waals surface area contributed by atoms with Crippen LogP contribution in [-0.4, -0.2) is 16.1 Å². The Balaban J connectivity index is 1.72. The summed E-state index contributed by atoms with van der Waals surface area (Å²) in [5, 5.41) is 9.35. The highest BCUT2D eigenvalue weighted by Crippen LogP contribution is 2.27. The van der Waals surface area contributed by atoms with Gasteiger partial charge >= 0.3 is 5.97 Å². The average molecular weight is 396 g/mol. The van der Waals surface area contributed by atoms with Crippen molar-refractivity contribution in [3.63, 3.8) is 0 Å². The second-order valence-corrected chi connectivity index (χ2v) is 7.14. The Morgan fingerprint density at radius 1 is 1.07 bits per heavy atom. The number of hydrogen-bond donors (Lipinski definition) is 1. The minimum Gasteiger partial charge on any atom is -0.481 e. The summed E-state index contributed by atoms with van der Waals surface area (Å²) in [6.07, 6.45) is 0.472. The quantitative estimate of drug-likeness (QED) is 0.564. The lowest BCUT2D eigenvalue weighted by Gasteiger charge is -2.12. The van der Waals surface area contributed by atoms with E-state index in [-0.39, 0.29) is 6.42 Å². The van der Waals surface area contributed by atoms with Crippen molar-refractivity contribution in [3.8, 4) is 17.1 Å². The lowest BCUT2D eigenvalue weighted by molar-refractivity contribution is -0.136. The van der Waals surface area contributed by atoms with Crippen LogP contribution < -0.4 is 4.74 Å². The highest BCUT2D eigenvalue weighted by Gasteiger charge is 2.09. The number of halogens is 1. The molecule has 144 valence electrons. The minimum atomic E-state index is -0.835. The summed E-state index contributed by atoms with van der Waals surface area (Å²) in [6.45, 7) is 4.49. The average Bonchev–Trinajstić information content (AvgIpc) is 2.66. The van der Waals surface area contributed by atoms with Gasteiger partial charge in [0.05, 0.1) is 5.69 Å². The van der Waals surface area contributed by atoms with Crippen molar-refractivity contribution in [2.75, 3.05) is 0 Å². The van der Waals surface area contributed by atoms with E-state index in [1.165, 1.54) is 11.1 Å². The van der Waals surface area contributed by atoms with E-state index in [0.717, 1.165) is 22.4 Å². The van der Waals surface area contributed by atoms with Gasteiger partial charge < -0.3 is 9.84 Å². The number of aromatic nitrogens is 1. The topological polar surface area (TPSA) is 59.4 Å². The zero-order valence-corrected chi connectivity index (χ0v) is 16.7. The van der Waals surface area contributed by atoms with Crippen LogP contribution in [0, 0.1) is 13.8 Å². The van der Waals surface area contributed by atoms with Gasteiger partial charge in [-0.15, -0.1) is 0 Å². The van der Waals surface area contributed by atoms with E-state index in [0.29, 0.717) is 23.9 Å². The molecule has 0 unspecified atom stereocenters. The molecule has 0 bridgehead atoms. The molecule has 0 spiro atoms. The van der Waals surface area contributed by atoms with E-state index in [1.54, 1.807) is 0 Å². The molecule has 0 aliphatic rings. The summed E-state index contributed by atoms with van der Waals surface area (Å²) in [7, 11) is 0. The number of carboxylic acids is 1. The molecule has 0 atom stereocenters. The van der Waals surface area contributed by atoms with Crippen molar-refractivity contribution in [3.05, 3.63) is 81.9 Å². The van der Waals surface area contributed by atoms with E-state index < -0.39 is 5.97 Å². The Hall–Kier alpha value is -2.85. The van der Waals surface area contributed by atoms with Crippen molar-refractivity contribution < 1.29 is 14.6 Å². The number of benzene rings is 2. The summed E-state index contributed by atoms with van der Waals surface area (Å²) in [4.78, 5) is 15.4. The van der Waals surface area contributed by atoms with Gasteiger partial charge in [-0.25, -0.2) is 4.98 Å². The number of nitrogens with zero attached hydrogens (tertiary/aromatic N) is 1. The van der Waals surface area contributed by atoms with Gasteiger partial charge in [-0.3, -0.25) is 4.79 Å². The van der Waals surface area contributed by atoms with Crippen LogP contribution >= 0.6 is 11.6 Å². The molecule has 0 saturated heterocycles. The summed E-state index contributed by atoms with van der Waals surface area (Å²) >= 11 is 6.27. The third-order valence-electron chi connectivity index (χ3n) is 4.57. The van der Waals surface area contributed by atoms with Crippen LogP contribution in [0.5, 0.6) is 5.88 Å². The number of pyridine rings is 1. The molecule has 0 aliphatic carbocycles. The Bertz CT molecular complexity index is 981. The molecule has 3 aromatic rings. The van der Waals surface area contributed by atoms with Gasteiger partial charge in [0, 0.05) is 23.1 Å². The zero-order valence-electron chi connectivity index (χ0n) is 15.9. The van der Waals surface area contributed by atoms with Crippen molar-refractivity contribution >= 4 is 17.6 Å². The number of carboxylic acid groups (broad SMARTS) is 1. The maximum atomic E-state index is 10.7. The molecule has 0 radical (unpaired) electrons. The number of carbonyl (C=O) groups is 1. The van der Waals surface area contributed by atoms with Gasteiger partial charge in [-0.2, -0.15) is 0 Å². The van der Waals surface area contributed by atoms with E-state index in [1.807, 2.05) is 42.5 Å². The summed E-state index contributed by atoms with van der Waals surface area (Å²) in [6, 6.07) is 17.5. The van der Waals surface area contributed by atoms with Gasteiger partial charge in [0.1, 0.15) is 6.61 Å². The second kappa shape index (κ2) is 8.89. The summed E-state index contributed by atoms with van der Waals surface area (Å²) in [5.41, 5.74) is 6.09. The Morgan fingerprint density at radius 3 is 2.46 bits per heavy atom. The first-order valence-electron chi connectivity index (χ1n) is 9.09. The van der Waals surface area contributed by atoms with Gasteiger partial charge in [0.15, 0.2) is 0 Å². The lowest BCUT2D eigenvalue weighted by atomic mass is 10.00. The Kier molecular flexibility index (Phi) is 6.32. The fourth-order valence-corrected chi connectivity index (χ4v) is 3.43. The van der Waals surface area contributed by atoms with Crippen molar-refractivity contribution in [2.24, 2.45) is 0 Å². The second-order valence-electron chi connectivity index (χ2n) is 6.74. The fourth-order valence-electron chi connectivity index (χ4n) is 3.14. The van der Waals surface area contributed by atoms with Gasteiger partial charge in [0.25, 0.3) is 0 Å². The van der Waals surface area contributed by atoms with Crippen molar-refractivity contribution in [1.82, 2.24) is 4.98 Å². The van der Waals surface area contributed by atoms with Crippen molar-refractivity contribution in [2.45, 2.75) is 33.3 Å². The molecule has 0 amide bonds. The molecule has 1 aromatic heterocycles. The normalized spacial score (nSPS) is 10.7. The van der Waals surface area contributed by atoms with Crippen LogP contribution in [-0.2, 0) is 17.8 Å². The maximum Gasteiger partial charge on any atom is 0.303 e. The smallest absolute Gasteiger partial charge is 0.303 e. The molecule has 4 nitrogen and oxygen atoms in total. The first-order valence-corrected chi connectivity index (χ1v) is 9.47. The SMILES string of the molecule is Cc1cccc(C)c1-c1cccc(OCc2ccc(CCC(=O)O)c(Cl)c2)n1. The van der Waals surface area contributed by atoms with Gasteiger partial charge in [-0.05, 0) is 54.7 Å². The molecular weight excluding hydrogens is 374 g/mol. The fraction of sp³-hybridized carbons (Fsp3) is 0.217. The molecule has 0 fully saturated rings. The number of rotatable bonds is 7. The Morgan fingerprint density at radius 2 is 1.79 bits per heavy atom. The molecule has 5 heteroatoms. The molecule has 0 aliphatic heterocycles. The third-order valence-corrected chi connectivity index (χ3v) is 4.93. The predicted octanol–water partition coefficient (Wildman–Crippen LogP) is 5.62. The summed E-state index contributed by atoms with van der Waals surface area (Å²) < 4.78 is 5.86. The van der Waals surface area contributed by atoms with E-state index in [2.05, 4.69) is 31.0 Å². The number of hydrogen-bond acceptors (Lipinski definition) is 3. The molecule has 1 heterocycles. The van der Waals surface area contributed by atoms with Gasteiger partial charge in [-0.1, -0.05) is 48.0 Å². The standard InChI is InChI=1S/C23H22ClNO3/c1-15-5-3-6-16(2)23(15)20-7-4-8-21(25-20)28-14-17-9-10-18(19(24)13-17)11-12-22(26)27/h3-10,13H,11-12,14H2,1-2H3,(H,26,27). The minimum absolute atomic E-state index is 0.0601. The van der Waals surface area contributed by atoms with Crippen LogP contribution in [0.15, 0.2) is 54.6 Å². The number of aliphatic carboxylic acids is 1. The van der Waals surface area contributed by atoms with Crippen LogP contribution in [0.2, 0.25) is 5.02 Å². The largest absolute Gasteiger partial charge is 0.481 e. The van der Waals surface area contributed by atoms with Crippen LogP contribution in [0.4, 0.5) is 0 Å². The van der Waals surface area contributed by atoms with Crippen molar-refractivity contribution in [1.29, 1.82) is 0 Å². The van der Waals surface area contributed by atoms with Crippen LogP contribution in [0.25, 0.3) is 11.3 Å². The third kappa shape index (κ3) is 4.90.